The Morgan fingerprint density at radius 1 is 0.705 bits per heavy atom. The van der Waals surface area contributed by atoms with Crippen LogP contribution < -0.4 is 10.6 Å². The molecule has 4 heterocycles. The maximum absolute atomic E-state index is 14.6. The lowest BCUT2D eigenvalue weighted by atomic mass is 10.0. The number of aliphatic hydroxyl groups excluding tert-OH is 2. The molecule has 6 aromatic rings. The first kappa shape index (κ1) is 58.0. The molecule has 0 saturated carbocycles. The third-order valence-electron chi connectivity index (χ3n) is 13.5. The number of esters is 2. The van der Waals surface area contributed by atoms with E-state index in [2.05, 4.69) is 20.6 Å². The fraction of sp³-hybridized carbons (Fsp3) is 0.444. The molecular weight excluding hydrogens is 1080 g/mol. The van der Waals surface area contributed by atoms with Crippen molar-refractivity contribution in [3.8, 4) is 0 Å². The van der Waals surface area contributed by atoms with Crippen molar-refractivity contribution >= 4 is 87.3 Å². The van der Waals surface area contributed by atoms with Gasteiger partial charge in [0.1, 0.15) is 5.01 Å². The van der Waals surface area contributed by atoms with E-state index in [1.807, 2.05) is 26.0 Å². The van der Waals surface area contributed by atoms with Crippen LogP contribution in [-0.4, -0.2) is 139 Å². The Labute approximate surface area is 461 Å². The van der Waals surface area contributed by atoms with Gasteiger partial charge in [-0.2, -0.15) is 8.61 Å². The minimum absolute atomic E-state index is 0.0520. The van der Waals surface area contributed by atoms with Gasteiger partial charge in [-0.15, -0.1) is 22.7 Å². The summed E-state index contributed by atoms with van der Waals surface area (Å²) < 4.78 is 82.5. The second-order valence-corrected chi connectivity index (χ2v) is 25.0. The summed E-state index contributed by atoms with van der Waals surface area (Å²) in [7, 11) is -8.41. The number of ether oxygens (including phenoxy) is 4. The topological polar surface area (TPSA) is 270 Å². The number of aliphatic hydroxyl groups is 2. The first-order valence-electron chi connectivity index (χ1n) is 26.0. The lowest BCUT2D eigenvalue weighted by Gasteiger charge is -2.30. The number of carbonyl (C=O) groups excluding carboxylic acids is 4. The van der Waals surface area contributed by atoms with Crippen molar-refractivity contribution in [3.05, 3.63) is 119 Å². The monoisotopic (exact) mass is 1150 g/mol. The lowest BCUT2D eigenvalue weighted by molar-refractivity contribution is -0.147. The average molecular weight is 1150 g/mol. The summed E-state index contributed by atoms with van der Waals surface area (Å²) in [5.41, 5.74) is 4.20. The molecule has 0 spiro atoms. The van der Waals surface area contributed by atoms with E-state index in [0.29, 0.717) is 44.7 Å². The smallest absolute Gasteiger partial charge is 0.408 e. The zero-order valence-corrected chi connectivity index (χ0v) is 46.4. The van der Waals surface area contributed by atoms with E-state index in [0.717, 1.165) is 41.7 Å². The van der Waals surface area contributed by atoms with E-state index in [9.17, 15) is 46.2 Å². The number of cyclic esters (lactones) is 2. The summed E-state index contributed by atoms with van der Waals surface area (Å²) in [6, 6.07) is 25.0. The summed E-state index contributed by atoms with van der Waals surface area (Å²) >= 11 is 2.40. The Morgan fingerprint density at radius 2 is 1.23 bits per heavy atom. The minimum atomic E-state index is -4.30. The number of fused-ring (bicyclic) bond motifs is 2. The number of amides is 2. The zero-order valence-electron chi connectivity index (χ0n) is 43.2. The molecule has 7 atom stereocenters. The number of aromatic nitrogens is 2. The number of carbonyl (C=O) groups is 4. The van der Waals surface area contributed by atoms with Crippen LogP contribution in [0.25, 0.3) is 20.4 Å². The maximum atomic E-state index is 14.6. The second-order valence-electron chi connectivity index (χ2n) is 19.2. The van der Waals surface area contributed by atoms with Crippen molar-refractivity contribution in [3.63, 3.8) is 0 Å². The van der Waals surface area contributed by atoms with Gasteiger partial charge >= 0.3 is 24.1 Å². The molecule has 4 N–H and O–H groups in total. The number of hydrogen-bond acceptors (Lipinski definition) is 18. The molecule has 8 rings (SSSR count). The quantitative estimate of drug-likeness (QED) is 0.0229. The summed E-state index contributed by atoms with van der Waals surface area (Å²) in [6.07, 6.45) is -3.96. The van der Waals surface area contributed by atoms with Gasteiger partial charge in [-0.1, -0.05) is 100 Å². The van der Waals surface area contributed by atoms with Crippen LogP contribution in [0.15, 0.2) is 112 Å². The van der Waals surface area contributed by atoms with E-state index in [1.165, 1.54) is 44.2 Å². The van der Waals surface area contributed by atoms with Gasteiger partial charge in [-0.3, -0.25) is 0 Å². The summed E-state index contributed by atoms with van der Waals surface area (Å²) in [5.74, 6) is -1.52. The second kappa shape index (κ2) is 26.7. The van der Waals surface area contributed by atoms with Crippen LogP contribution in [0, 0.1) is 0 Å². The molecule has 3 unspecified atom stereocenters. The highest BCUT2D eigenvalue weighted by atomic mass is 32.2. The number of nitrogens with one attached hydrogen (secondary N) is 2. The molecule has 0 aliphatic carbocycles. The Morgan fingerprint density at radius 3 is 1.76 bits per heavy atom. The van der Waals surface area contributed by atoms with E-state index in [-0.39, 0.29) is 61.7 Å². The fourth-order valence-corrected chi connectivity index (χ4v) is 14.2. The molecule has 2 saturated heterocycles. The first-order chi connectivity index (χ1) is 37.5. The van der Waals surface area contributed by atoms with Gasteiger partial charge < -0.3 is 39.8 Å². The number of benzene rings is 4. The lowest BCUT2D eigenvalue weighted by Crippen LogP contribution is -2.51. The van der Waals surface area contributed by atoms with Gasteiger partial charge in [0.05, 0.1) is 66.6 Å². The van der Waals surface area contributed by atoms with Crippen molar-refractivity contribution in [2.24, 2.45) is 0 Å². The highest BCUT2D eigenvalue weighted by molar-refractivity contribution is 7.89. The van der Waals surface area contributed by atoms with Crippen molar-refractivity contribution in [1.82, 2.24) is 29.2 Å². The summed E-state index contributed by atoms with van der Waals surface area (Å²) in [6.45, 7) is 3.50. The number of thiazole rings is 2. The van der Waals surface area contributed by atoms with Crippen LogP contribution in [0.1, 0.15) is 87.5 Å². The van der Waals surface area contributed by atoms with Gasteiger partial charge in [0.2, 0.25) is 32.3 Å². The highest BCUT2D eigenvalue weighted by Gasteiger charge is 2.41. The number of alkyl carbamates (subject to hydrolysis) is 2. The van der Waals surface area contributed by atoms with Crippen molar-refractivity contribution in [2.45, 2.75) is 130 Å². The Kier molecular flexibility index (Phi) is 19.9. The molecule has 78 heavy (non-hydrogen) atoms. The molecule has 24 heteroatoms. The SMILES string of the molecule is CCCCCN(C[C@@H](O)C(Cc1ccccc1)NC(=O)O[C@H]1CCOC1=O)S(=O)(=O)c1ccc2nc(C3C[C@@H](OC(=O)NC(Cc4ccccc4)[C@H](O)CN(CCCCC)S(=O)(=O)c4ccc5ncsc5c4)C(=O)O3)sc2c1. The van der Waals surface area contributed by atoms with E-state index in [4.69, 9.17) is 18.9 Å². The molecule has 0 radical (unpaired) electrons. The number of hydrogen-bond donors (Lipinski definition) is 4. The van der Waals surface area contributed by atoms with E-state index >= 15 is 0 Å². The van der Waals surface area contributed by atoms with Crippen LogP contribution in [0.3, 0.4) is 0 Å². The Balaban J connectivity index is 0.947. The van der Waals surface area contributed by atoms with Gasteiger partial charge in [-0.05, 0) is 73.2 Å². The predicted octanol–water partition coefficient (Wildman–Crippen LogP) is 7.04. The van der Waals surface area contributed by atoms with E-state index in [1.54, 1.807) is 66.2 Å². The number of unbranched alkanes of at least 4 members (excludes halogenated alkanes) is 4. The van der Waals surface area contributed by atoms with Crippen molar-refractivity contribution < 1.29 is 65.2 Å². The van der Waals surface area contributed by atoms with Crippen molar-refractivity contribution in [1.29, 1.82) is 0 Å². The molecule has 2 aliphatic rings. The Bertz CT molecular complexity index is 3240. The standard InChI is InChI=1S/C54H64N6O14S4/c1-3-5-13-24-59(77(67,68)37-19-21-39-48(29-37)75-34-55-39)32-44(62)42(28-36-17-11-8-12-18-36)58-54(66)74-47-31-46(72-52(47)64)50-56-40-22-20-38(30-49(40)76-50)78(69,70)60(25-14-6-4-2)33-43(61)41(27-35-15-9-7-10-16-35)57-53(65)73-45-23-26-71-51(45)63/h7-12,15-22,29-30,34,41-47,61-62H,3-6,13-14,23-28,31-33H2,1-2H3,(H,57,65)(H,58,66)/t41?,42?,43-,44-,45+,46?,47-/m1/s1. The maximum Gasteiger partial charge on any atom is 0.408 e. The normalized spacial score (nSPS) is 18.4. The van der Waals surface area contributed by atoms with Crippen LogP contribution in [0.4, 0.5) is 9.59 Å². The third-order valence-corrected chi connectivity index (χ3v) is 19.1. The molecule has 0 bridgehead atoms. The fourth-order valence-electron chi connectivity index (χ4n) is 9.20. The molecule has 2 fully saturated rings. The third kappa shape index (κ3) is 14.8. The van der Waals surface area contributed by atoms with Crippen LogP contribution in [0.2, 0.25) is 0 Å². The molecule has 20 nitrogen and oxygen atoms in total. The minimum Gasteiger partial charge on any atom is -0.463 e. The largest absolute Gasteiger partial charge is 0.463 e. The van der Waals surface area contributed by atoms with Gasteiger partial charge in [-0.25, -0.2) is 46.0 Å². The molecule has 2 aliphatic heterocycles. The molecular formula is C54H64N6O14S4. The summed E-state index contributed by atoms with van der Waals surface area (Å²) in [5, 5.41) is 29.2. The first-order valence-corrected chi connectivity index (χ1v) is 30.6. The molecule has 2 amide bonds. The Hall–Kier alpha value is -6.12. The average Bonchev–Trinajstić information content (AvgIpc) is 4.28. The van der Waals surface area contributed by atoms with Gasteiger partial charge in [0, 0.05) is 39.0 Å². The molecule has 418 valence electrons. The number of nitrogens with zero attached hydrogens (tertiary/aromatic N) is 4. The van der Waals surface area contributed by atoms with Crippen LogP contribution in [0.5, 0.6) is 0 Å². The predicted molar refractivity (Wildman–Crippen MR) is 292 cm³/mol. The van der Waals surface area contributed by atoms with Crippen LogP contribution >= 0.6 is 22.7 Å². The van der Waals surface area contributed by atoms with Crippen molar-refractivity contribution in [2.75, 3.05) is 32.8 Å². The molecule has 4 aromatic carbocycles. The number of sulfonamides is 2. The highest BCUT2D eigenvalue weighted by Crippen LogP contribution is 2.37. The number of rotatable bonds is 27. The van der Waals surface area contributed by atoms with Gasteiger partial charge in [0.25, 0.3) is 0 Å². The van der Waals surface area contributed by atoms with Gasteiger partial charge in [0.15, 0.2) is 6.10 Å². The van der Waals surface area contributed by atoms with Crippen LogP contribution in [-0.2, 0) is 61.4 Å². The summed E-state index contributed by atoms with van der Waals surface area (Å²) in [4.78, 5) is 61.0. The zero-order chi connectivity index (χ0) is 55.4. The van der Waals surface area contributed by atoms with E-state index < -0.39 is 93.3 Å². The molecule has 2 aromatic heterocycles.